The van der Waals surface area contributed by atoms with Crippen molar-refractivity contribution in [2.45, 2.75) is 71.8 Å². The Morgan fingerprint density at radius 1 is 1.00 bits per heavy atom. The fourth-order valence-corrected chi connectivity index (χ4v) is 2.20. The molecule has 0 atom stereocenters. The number of carbonyl (C=O) groups is 1. The first-order valence-corrected chi connectivity index (χ1v) is 5.79. The highest BCUT2D eigenvalue weighted by Crippen LogP contribution is 2.29. The summed E-state index contributed by atoms with van der Waals surface area (Å²) in [6.45, 7) is 7.94. The summed E-state index contributed by atoms with van der Waals surface area (Å²) < 4.78 is 5.52. The van der Waals surface area contributed by atoms with Crippen LogP contribution in [0.2, 0.25) is 0 Å². The molecule has 0 aliphatic rings. The smallest absolute Gasteiger partial charge is 0.303 e. The molecule has 2 heteroatoms. The van der Waals surface area contributed by atoms with Gasteiger partial charge in [0.25, 0.3) is 0 Å². The van der Waals surface area contributed by atoms with Crippen LogP contribution in [0.15, 0.2) is 0 Å². The van der Waals surface area contributed by atoms with Gasteiger partial charge in [0.2, 0.25) is 0 Å². The fourth-order valence-electron chi connectivity index (χ4n) is 2.20. The van der Waals surface area contributed by atoms with Gasteiger partial charge in [-0.2, -0.15) is 0 Å². The molecule has 0 aliphatic carbocycles. The normalized spacial score (nSPS) is 11.4. The lowest BCUT2D eigenvalue weighted by atomic mass is 9.88. The highest BCUT2D eigenvalue weighted by Gasteiger charge is 2.30. The van der Waals surface area contributed by atoms with E-state index in [4.69, 9.17) is 4.74 Å². The minimum Gasteiger partial charge on any atom is -0.459 e. The third kappa shape index (κ3) is 4.64. The number of rotatable bonds is 7. The van der Waals surface area contributed by atoms with Gasteiger partial charge in [-0.15, -0.1) is 0 Å². The van der Waals surface area contributed by atoms with Crippen LogP contribution in [0.5, 0.6) is 0 Å². The van der Waals surface area contributed by atoms with Crippen LogP contribution < -0.4 is 0 Å². The molecule has 14 heavy (non-hydrogen) atoms. The molecule has 2 nitrogen and oxygen atoms in total. The summed E-state index contributed by atoms with van der Waals surface area (Å²) in [5.74, 6) is -0.139. The molecule has 0 bridgehead atoms. The molecular formula is C12H24O2. The SMILES string of the molecule is CCCC(CCC)(CCC)OC(C)=O. The maximum absolute atomic E-state index is 11.1. The highest BCUT2D eigenvalue weighted by molar-refractivity contribution is 5.66. The molecule has 0 amide bonds. The summed E-state index contributed by atoms with van der Waals surface area (Å²) in [7, 11) is 0. The molecule has 0 saturated heterocycles. The Labute approximate surface area is 88.0 Å². The van der Waals surface area contributed by atoms with E-state index in [2.05, 4.69) is 20.8 Å². The van der Waals surface area contributed by atoms with Crippen LogP contribution in [0, 0.1) is 0 Å². The molecule has 0 aromatic carbocycles. The second-order valence-electron chi connectivity index (χ2n) is 4.03. The standard InChI is InChI=1S/C12H24O2/c1-5-8-12(9-6-2,10-7-3)14-11(4)13/h5-10H2,1-4H3. The largest absolute Gasteiger partial charge is 0.459 e. The van der Waals surface area contributed by atoms with Crippen LogP contribution in [-0.4, -0.2) is 11.6 Å². The van der Waals surface area contributed by atoms with E-state index in [-0.39, 0.29) is 11.6 Å². The van der Waals surface area contributed by atoms with Crippen molar-refractivity contribution in [3.8, 4) is 0 Å². The van der Waals surface area contributed by atoms with Gasteiger partial charge < -0.3 is 4.74 Å². The second-order valence-corrected chi connectivity index (χ2v) is 4.03. The molecule has 0 heterocycles. The van der Waals surface area contributed by atoms with Gasteiger partial charge in [0.15, 0.2) is 0 Å². The number of hydrogen-bond donors (Lipinski definition) is 0. The van der Waals surface area contributed by atoms with Gasteiger partial charge in [-0.1, -0.05) is 40.0 Å². The number of esters is 1. The summed E-state index contributed by atoms with van der Waals surface area (Å²) in [6, 6.07) is 0. The van der Waals surface area contributed by atoms with Crippen molar-refractivity contribution in [1.29, 1.82) is 0 Å². The number of hydrogen-bond acceptors (Lipinski definition) is 2. The number of carbonyl (C=O) groups excluding carboxylic acids is 1. The zero-order valence-corrected chi connectivity index (χ0v) is 10.1. The predicted molar refractivity (Wildman–Crippen MR) is 59.2 cm³/mol. The Bertz CT molecular complexity index is 147. The number of ether oxygens (including phenoxy) is 1. The van der Waals surface area contributed by atoms with Crippen LogP contribution in [0.4, 0.5) is 0 Å². The van der Waals surface area contributed by atoms with Crippen molar-refractivity contribution < 1.29 is 9.53 Å². The van der Waals surface area contributed by atoms with E-state index >= 15 is 0 Å². The van der Waals surface area contributed by atoms with Crippen molar-refractivity contribution in [2.24, 2.45) is 0 Å². The molecule has 0 fully saturated rings. The van der Waals surface area contributed by atoms with Crippen LogP contribution in [0.25, 0.3) is 0 Å². The molecule has 0 spiro atoms. The van der Waals surface area contributed by atoms with Crippen LogP contribution in [0.1, 0.15) is 66.2 Å². The summed E-state index contributed by atoms with van der Waals surface area (Å²) >= 11 is 0. The summed E-state index contributed by atoms with van der Waals surface area (Å²) in [5, 5.41) is 0. The lowest BCUT2D eigenvalue weighted by molar-refractivity contribution is -0.159. The lowest BCUT2D eigenvalue weighted by Gasteiger charge is -2.32. The Balaban J connectivity index is 4.45. The summed E-state index contributed by atoms with van der Waals surface area (Å²) in [4.78, 5) is 11.1. The van der Waals surface area contributed by atoms with E-state index in [1.54, 1.807) is 0 Å². The van der Waals surface area contributed by atoms with Crippen molar-refractivity contribution in [1.82, 2.24) is 0 Å². The van der Waals surface area contributed by atoms with E-state index in [0.717, 1.165) is 38.5 Å². The average molecular weight is 200 g/mol. The van der Waals surface area contributed by atoms with E-state index < -0.39 is 0 Å². The van der Waals surface area contributed by atoms with Crippen molar-refractivity contribution in [3.05, 3.63) is 0 Å². The molecule has 0 N–H and O–H groups in total. The zero-order chi connectivity index (χ0) is 11.0. The Morgan fingerprint density at radius 2 is 1.36 bits per heavy atom. The third-order valence-corrected chi connectivity index (χ3v) is 2.48. The highest BCUT2D eigenvalue weighted by atomic mass is 16.6. The van der Waals surface area contributed by atoms with Gasteiger partial charge in [-0.25, -0.2) is 0 Å². The van der Waals surface area contributed by atoms with Gasteiger partial charge in [0, 0.05) is 6.92 Å². The van der Waals surface area contributed by atoms with Crippen molar-refractivity contribution in [2.75, 3.05) is 0 Å². The summed E-state index contributed by atoms with van der Waals surface area (Å²) in [5.41, 5.74) is -0.177. The molecule has 0 aliphatic heterocycles. The first-order valence-electron chi connectivity index (χ1n) is 5.79. The Hall–Kier alpha value is -0.530. The molecule has 0 unspecified atom stereocenters. The third-order valence-electron chi connectivity index (χ3n) is 2.48. The molecule has 0 radical (unpaired) electrons. The molecule has 0 saturated carbocycles. The minimum atomic E-state index is -0.177. The maximum Gasteiger partial charge on any atom is 0.303 e. The van der Waals surface area contributed by atoms with Gasteiger partial charge in [-0.3, -0.25) is 4.79 Å². The zero-order valence-electron chi connectivity index (χ0n) is 10.1. The molecule has 0 aromatic rings. The van der Waals surface area contributed by atoms with Gasteiger partial charge in [-0.05, 0) is 19.3 Å². The van der Waals surface area contributed by atoms with Gasteiger partial charge in [0.1, 0.15) is 5.60 Å². The fraction of sp³-hybridized carbons (Fsp3) is 0.917. The average Bonchev–Trinajstić information content (AvgIpc) is 2.03. The predicted octanol–water partition coefficient (Wildman–Crippen LogP) is 3.69. The lowest BCUT2D eigenvalue weighted by Crippen LogP contribution is -2.34. The Morgan fingerprint density at radius 3 is 1.57 bits per heavy atom. The minimum absolute atomic E-state index is 0.139. The summed E-state index contributed by atoms with van der Waals surface area (Å²) in [6.07, 6.45) is 6.21. The molecule has 0 aromatic heterocycles. The van der Waals surface area contributed by atoms with Gasteiger partial charge in [0.05, 0.1) is 0 Å². The van der Waals surface area contributed by atoms with Gasteiger partial charge >= 0.3 is 5.97 Å². The quantitative estimate of drug-likeness (QED) is 0.586. The monoisotopic (exact) mass is 200 g/mol. The van der Waals surface area contributed by atoms with Crippen molar-refractivity contribution in [3.63, 3.8) is 0 Å². The molecular weight excluding hydrogens is 176 g/mol. The van der Waals surface area contributed by atoms with Crippen LogP contribution >= 0.6 is 0 Å². The first-order chi connectivity index (χ1) is 6.60. The Kier molecular flexibility index (Phi) is 6.60. The van der Waals surface area contributed by atoms with E-state index in [9.17, 15) is 4.79 Å². The second kappa shape index (κ2) is 6.86. The molecule has 0 rings (SSSR count). The molecule has 84 valence electrons. The van der Waals surface area contributed by atoms with Crippen molar-refractivity contribution >= 4 is 5.97 Å². The van der Waals surface area contributed by atoms with E-state index in [1.807, 2.05) is 0 Å². The topological polar surface area (TPSA) is 26.3 Å². The van der Waals surface area contributed by atoms with Crippen LogP contribution in [-0.2, 0) is 9.53 Å². The van der Waals surface area contributed by atoms with E-state index in [0.29, 0.717) is 0 Å². The van der Waals surface area contributed by atoms with Crippen LogP contribution in [0.3, 0.4) is 0 Å². The first kappa shape index (κ1) is 13.5. The van der Waals surface area contributed by atoms with E-state index in [1.165, 1.54) is 6.92 Å². The maximum atomic E-state index is 11.1.